The smallest absolute Gasteiger partial charge is 0.124 e. The Morgan fingerprint density at radius 3 is 1.90 bits per heavy atom. The third-order valence-corrected chi connectivity index (χ3v) is 3.54. The maximum atomic E-state index is 8.93. The predicted molar refractivity (Wildman–Crippen MR) is 93.5 cm³/mol. The Bertz CT molecular complexity index is 783. The minimum absolute atomic E-state index is 0.571. The van der Waals surface area contributed by atoms with Gasteiger partial charge in [0.05, 0.1) is 47.8 Å². The van der Waals surface area contributed by atoms with Crippen molar-refractivity contribution in [2.75, 3.05) is 26.2 Å². The highest BCUT2D eigenvalue weighted by atomic mass is 16.5. The Hall–Kier alpha value is -3.51. The van der Waals surface area contributed by atoms with E-state index in [2.05, 4.69) is 29.8 Å². The quantitative estimate of drug-likeness (QED) is 0.307. The maximum absolute atomic E-state index is 8.93. The van der Waals surface area contributed by atoms with E-state index in [9.17, 15) is 0 Å². The van der Waals surface area contributed by atoms with Crippen LogP contribution >= 0.6 is 0 Å². The summed E-state index contributed by atoms with van der Waals surface area (Å²) in [4.78, 5) is 42.4. The van der Waals surface area contributed by atoms with Gasteiger partial charge in [-0.2, -0.15) is 0 Å². The lowest BCUT2D eigenvalue weighted by molar-refractivity contribution is -0.345. The first-order valence-corrected chi connectivity index (χ1v) is 8.68. The van der Waals surface area contributed by atoms with Crippen LogP contribution in [-0.4, -0.2) is 64.6 Å². The topological polar surface area (TPSA) is 191 Å². The Morgan fingerprint density at radius 2 is 1.43 bits per heavy atom. The number of carboxylic acids is 4. The molecule has 0 aliphatic carbocycles. The molecule has 12 nitrogen and oxygen atoms in total. The number of hydrogen-bond donors (Lipinski definition) is 0. The zero-order chi connectivity index (χ0) is 23.1. The Balaban J connectivity index is 0.000000580. The summed E-state index contributed by atoms with van der Waals surface area (Å²) in [5, 5.41) is 35.7. The van der Waals surface area contributed by atoms with E-state index in [-0.39, 0.29) is 0 Å². The molecule has 0 N–H and O–H groups in total. The molecule has 0 spiro atoms. The lowest BCUT2D eigenvalue weighted by atomic mass is 10.3. The van der Waals surface area contributed by atoms with Crippen LogP contribution < -0.4 is 20.4 Å². The Kier molecular flexibility index (Phi) is 12.8. The number of para-hydroxylation sites is 2. The molecular formula is C18H21N3O9-4. The van der Waals surface area contributed by atoms with Crippen LogP contribution in [0.2, 0.25) is 0 Å². The molecule has 0 fully saturated rings. The number of rotatable bonds is 7. The van der Waals surface area contributed by atoms with Gasteiger partial charge in [-0.15, -0.1) is 0 Å². The number of imidazole rings is 1. The van der Waals surface area contributed by atoms with E-state index in [1.165, 1.54) is 0 Å². The Morgan fingerprint density at radius 1 is 0.933 bits per heavy atom. The van der Waals surface area contributed by atoms with E-state index in [1.54, 1.807) is 0 Å². The van der Waals surface area contributed by atoms with Gasteiger partial charge < -0.3 is 53.8 Å². The van der Waals surface area contributed by atoms with Gasteiger partial charge in [-0.05, 0) is 25.2 Å². The molecule has 0 atom stereocenters. The van der Waals surface area contributed by atoms with Crippen molar-refractivity contribution in [3.63, 3.8) is 0 Å². The minimum Gasteiger partial charge on any atom is -0.543 e. The van der Waals surface area contributed by atoms with Crippen molar-refractivity contribution < 1.29 is 44.3 Å². The molecule has 0 aliphatic rings. The van der Waals surface area contributed by atoms with E-state index >= 15 is 0 Å². The van der Waals surface area contributed by atoms with Gasteiger partial charge in [0.2, 0.25) is 0 Å². The number of carbonyl (C=O) groups is 4. The van der Waals surface area contributed by atoms with Gasteiger partial charge in [0.15, 0.2) is 0 Å². The van der Waals surface area contributed by atoms with Crippen LogP contribution in [0.15, 0.2) is 30.6 Å². The fourth-order valence-electron chi connectivity index (χ4n) is 2.01. The summed E-state index contributed by atoms with van der Waals surface area (Å²) < 4.78 is 7.74. The van der Waals surface area contributed by atoms with E-state index in [0.29, 0.717) is 6.73 Å². The molecule has 0 saturated heterocycles. The highest BCUT2D eigenvalue weighted by Crippen LogP contribution is 2.11. The van der Waals surface area contributed by atoms with Crippen molar-refractivity contribution in [3.8, 4) is 0 Å². The van der Waals surface area contributed by atoms with Gasteiger partial charge >= 0.3 is 0 Å². The lowest BCUT2D eigenvalue weighted by Crippen LogP contribution is -2.42. The van der Waals surface area contributed by atoms with Crippen LogP contribution in [0.3, 0.4) is 0 Å². The third kappa shape index (κ3) is 10.7. The van der Waals surface area contributed by atoms with Crippen LogP contribution in [0.1, 0.15) is 13.8 Å². The van der Waals surface area contributed by atoms with Crippen LogP contribution in [0, 0.1) is 0 Å². The summed E-state index contributed by atoms with van der Waals surface area (Å²) in [5.74, 6) is -8.74. The van der Waals surface area contributed by atoms with Gasteiger partial charge in [0.1, 0.15) is 6.73 Å². The van der Waals surface area contributed by atoms with E-state index in [0.717, 1.165) is 37.3 Å². The summed E-state index contributed by atoms with van der Waals surface area (Å²) in [6.45, 7) is 8.82. The molecule has 1 aromatic heterocycles. The van der Waals surface area contributed by atoms with Crippen LogP contribution in [0.25, 0.3) is 11.0 Å². The van der Waals surface area contributed by atoms with Gasteiger partial charge in [-0.3, -0.25) is 0 Å². The van der Waals surface area contributed by atoms with Crippen molar-refractivity contribution in [2.24, 2.45) is 0 Å². The summed E-state index contributed by atoms with van der Waals surface area (Å²) in [5.41, 5.74) is 2.14. The van der Waals surface area contributed by atoms with Crippen LogP contribution in [0.4, 0.5) is 0 Å². The molecule has 1 aromatic carbocycles. The fourth-order valence-corrected chi connectivity index (χ4v) is 2.01. The van der Waals surface area contributed by atoms with Crippen molar-refractivity contribution in [3.05, 3.63) is 30.6 Å². The second-order valence-corrected chi connectivity index (χ2v) is 5.42. The molecule has 0 saturated carbocycles. The van der Waals surface area contributed by atoms with Crippen molar-refractivity contribution >= 4 is 34.9 Å². The highest BCUT2D eigenvalue weighted by molar-refractivity contribution is 6.25. The maximum Gasteiger partial charge on any atom is 0.124 e. The summed E-state index contributed by atoms with van der Waals surface area (Å²) in [7, 11) is 0. The largest absolute Gasteiger partial charge is 0.543 e. The number of carbonyl (C=O) groups excluding carboxylic acids is 4. The molecule has 0 bridgehead atoms. The van der Waals surface area contributed by atoms with Crippen molar-refractivity contribution in [1.82, 2.24) is 14.5 Å². The first-order valence-electron chi connectivity index (χ1n) is 8.68. The molecule has 2 rings (SSSR count). The average molecular weight is 423 g/mol. The lowest BCUT2D eigenvalue weighted by Gasteiger charge is -2.17. The van der Waals surface area contributed by atoms with Gasteiger partial charge in [0, 0.05) is 6.54 Å². The molecule has 166 valence electrons. The number of likely N-dealkylation sites (N-methyl/N-ethyl adjacent to an activating group) is 1. The van der Waals surface area contributed by atoms with Gasteiger partial charge in [-0.25, -0.2) is 4.98 Å². The highest BCUT2D eigenvalue weighted by Gasteiger charge is 2.02. The molecule has 0 aliphatic heterocycles. The number of aliphatic carboxylic acids is 4. The van der Waals surface area contributed by atoms with Gasteiger partial charge in [-0.1, -0.05) is 26.0 Å². The number of carboxylic acid groups (broad SMARTS) is 4. The third-order valence-electron chi connectivity index (χ3n) is 3.54. The first-order chi connectivity index (χ1) is 14.1. The molecule has 1 heterocycles. The number of nitrogens with zero attached hydrogens (tertiary/aromatic N) is 3. The summed E-state index contributed by atoms with van der Waals surface area (Å²) in [6.07, 6.45) is 1.84. The minimum atomic E-state index is -2.19. The normalized spacial score (nSPS) is 9.83. The monoisotopic (exact) mass is 423 g/mol. The number of ether oxygens (including phenoxy) is 1. The Labute approximate surface area is 171 Å². The van der Waals surface area contributed by atoms with Gasteiger partial charge in [0.25, 0.3) is 0 Å². The molecular weight excluding hydrogens is 402 g/mol. The molecule has 0 unspecified atom stereocenters. The molecule has 0 amide bonds. The first kappa shape index (κ1) is 26.5. The SMILES string of the molecule is CCN(CC)CCOCn1cnc2ccccc21.O=C([O-])C(=O)[O-].O=C([O-])C(=O)[O-]. The molecule has 12 heteroatoms. The van der Waals surface area contributed by atoms with Crippen molar-refractivity contribution in [2.45, 2.75) is 20.6 Å². The van der Waals surface area contributed by atoms with E-state index in [4.69, 9.17) is 44.3 Å². The standard InChI is InChI=1S/C14H21N3O.2C2H2O4/c1-3-16(4-2)9-10-18-12-17-11-15-13-7-5-6-8-14(13)17;2*3-1(4)2(5)6/h5-8,11H,3-4,9-10,12H2,1-2H3;2*(H,3,4)(H,5,6)/p-4. The molecule has 0 radical (unpaired) electrons. The molecule has 30 heavy (non-hydrogen) atoms. The van der Waals surface area contributed by atoms with Crippen LogP contribution in [0.5, 0.6) is 0 Å². The zero-order valence-corrected chi connectivity index (χ0v) is 16.4. The second-order valence-electron chi connectivity index (χ2n) is 5.42. The predicted octanol–water partition coefficient (Wildman–Crippen LogP) is -4.68. The summed E-state index contributed by atoms with van der Waals surface area (Å²) in [6, 6.07) is 8.11. The number of aromatic nitrogens is 2. The number of hydrogen-bond acceptors (Lipinski definition) is 11. The second kappa shape index (κ2) is 14.5. The van der Waals surface area contributed by atoms with Crippen molar-refractivity contribution in [1.29, 1.82) is 0 Å². The molecule has 2 aromatic rings. The van der Waals surface area contributed by atoms with E-state index in [1.807, 2.05) is 29.1 Å². The zero-order valence-electron chi connectivity index (χ0n) is 16.4. The van der Waals surface area contributed by atoms with E-state index < -0.39 is 23.9 Å². The van der Waals surface area contributed by atoms with Crippen LogP contribution in [-0.2, 0) is 30.6 Å². The number of fused-ring (bicyclic) bond motifs is 1. The fraction of sp³-hybridized carbons (Fsp3) is 0.389. The average Bonchev–Trinajstić information content (AvgIpc) is 3.12. The summed E-state index contributed by atoms with van der Waals surface area (Å²) >= 11 is 0. The number of benzene rings is 1.